The van der Waals surface area contributed by atoms with Crippen molar-refractivity contribution in [2.75, 3.05) is 0 Å². The Hall–Kier alpha value is -3.30. The highest BCUT2D eigenvalue weighted by molar-refractivity contribution is 5.66. The van der Waals surface area contributed by atoms with Gasteiger partial charge in [-0.05, 0) is 103 Å². The number of hydrogen-bond donors (Lipinski definition) is 4. The van der Waals surface area contributed by atoms with Crippen molar-refractivity contribution in [3.8, 4) is 0 Å². The van der Waals surface area contributed by atoms with E-state index in [-0.39, 0.29) is 35.0 Å². The van der Waals surface area contributed by atoms with Crippen molar-refractivity contribution >= 4 is 11.9 Å². The Kier molecular flexibility index (Phi) is 24.8. The molecule has 0 bridgehead atoms. The number of carboxylic acids is 2. The highest BCUT2D eigenvalue weighted by Gasteiger charge is 2.50. The number of nitrogens with zero attached hydrogens (tertiary/aromatic N) is 2. The third-order valence-corrected chi connectivity index (χ3v) is 10.6. The van der Waals surface area contributed by atoms with Crippen LogP contribution in [-0.4, -0.2) is 64.8 Å². The lowest BCUT2D eigenvalue weighted by molar-refractivity contribution is -0.260. The van der Waals surface area contributed by atoms with Gasteiger partial charge in [0.05, 0.1) is 22.2 Å². The van der Waals surface area contributed by atoms with Crippen molar-refractivity contribution in [1.29, 1.82) is 0 Å². The first-order valence-electron chi connectivity index (χ1n) is 19.1. The summed E-state index contributed by atoms with van der Waals surface area (Å²) in [5, 5.41) is 41.7. The van der Waals surface area contributed by atoms with E-state index in [1.165, 1.54) is 0 Å². The molecule has 0 aliphatic carbocycles. The van der Waals surface area contributed by atoms with Crippen LogP contribution >= 0.6 is 0 Å². The molecule has 2 rings (SSSR count). The lowest BCUT2D eigenvalue weighted by Gasteiger charge is -2.54. The summed E-state index contributed by atoms with van der Waals surface area (Å²) in [6, 6.07) is 0. The lowest BCUT2D eigenvalue weighted by Crippen LogP contribution is -2.61. The maximum Gasteiger partial charge on any atom is 0.303 e. The van der Waals surface area contributed by atoms with Gasteiger partial charge >= 0.3 is 11.9 Å². The minimum absolute atomic E-state index is 0.245. The second-order valence-corrected chi connectivity index (χ2v) is 14.6. The number of unbranched alkanes of at least 4 members (excludes halogenated alkanes) is 5. The third kappa shape index (κ3) is 15.4. The van der Waals surface area contributed by atoms with Gasteiger partial charge in [-0.25, -0.2) is 0 Å². The summed E-state index contributed by atoms with van der Waals surface area (Å²) in [6.07, 6.45) is 33.2. The van der Waals surface area contributed by atoms with Crippen LogP contribution in [0.3, 0.4) is 0 Å². The summed E-state index contributed by atoms with van der Waals surface area (Å²) in [4.78, 5) is 20.3. The number of aliphatic carboxylic acids is 2. The average molecular weight is 725 g/mol. The molecular formula is C44H72N2O6. The molecule has 0 spiro atoms. The smallest absolute Gasteiger partial charge is 0.303 e. The van der Waals surface area contributed by atoms with E-state index in [0.717, 1.165) is 128 Å². The minimum atomic E-state index is -0.740. The van der Waals surface area contributed by atoms with Crippen molar-refractivity contribution in [3.63, 3.8) is 0 Å². The van der Waals surface area contributed by atoms with Gasteiger partial charge in [-0.1, -0.05) is 74.3 Å². The average Bonchev–Trinajstić information content (AvgIpc) is 3.09. The zero-order chi connectivity index (χ0) is 39.5. The SMILES string of the molecule is C=CCC1(CC=C)CCCC(CC=C)(CC=C)N1O.C=CCC1(CC=C)CCCC(CC=C)(CC=C)N1O.O=C(O)CCCCCCCCC(=O)O. The molecule has 0 aromatic carbocycles. The Labute approximate surface area is 316 Å². The van der Waals surface area contributed by atoms with Gasteiger partial charge in [0.1, 0.15) is 0 Å². The summed E-state index contributed by atoms with van der Waals surface area (Å²) >= 11 is 0. The molecule has 2 saturated heterocycles. The van der Waals surface area contributed by atoms with Gasteiger partial charge in [0.15, 0.2) is 0 Å². The summed E-state index contributed by atoms with van der Waals surface area (Å²) in [7, 11) is 0. The van der Waals surface area contributed by atoms with E-state index < -0.39 is 11.9 Å². The molecule has 0 radical (unpaired) electrons. The molecule has 2 aliphatic heterocycles. The first kappa shape index (κ1) is 48.7. The Morgan fingerprint density at radius 1 is 0.423 bits per heavy atom. The molecule has 2 fully saturated rings. The summed E-state index contributed by atoms with van der Waals surface area (Å²) in [6.45, 7) is 30.8. The Balaban J connectivity index is 0.000000762. The van der Waals surface area contributed by atoms with Crippen LogP contribution in [0.2, 0.25) is 0 Å². The fourth-order valence-electron chi connectivity index (χ4n) is 8.17. The Morgan fingerprint density at radius 3 is 0.788 bits per heavy atom. The van der Waals surface area contributed by atoms with Gasteiger partial charge in [-0.3, -0.25) is 9.59 Å². The van der Waals surface area contributed by atoms with E-state index in [0.29, 0.717) is 0 Å². The lowest BCUT2D eigenvalue weighted by atomic mass is 9.72. The number of hydroxylamine groups is 4. The standard InChI is InChI=1S/2C17H27NO.C10H18O4/c2*1-5-10-16(11-6-2)14-9-15-17(12-7-3,13-8-4)18(16)19;11-9(12)7-5-3-1-2-4-6-8-10(13)14/h2*5-8,19H,1-4,9-15H2;1-8H2,(H,11,12)(H,13,14). The van der Waals surface area contributed by atoms with Crippen LogP contribution in [-0.2, 0) is 9.59 Å². The molecule has 0 saturated carbocycles. The van der Waals surface area contributed by atoms with Gasteiger partial charge in [0.2, 0.25) is 0 Å². The predicted molar refractivity (Wildman–Crippen MR) is 217 cm³/mol. The normalized spacial score (nSPS) is 18.4. The first-order valence-corrected chi connectivity index (χ1v) is 19.1. The number of hydrogen-bond acceptors (Lipinski definition) is 6. The zero-order valence-corrected chi connectivity index (χ0v) is 32.3. The van der Waals surface area contributed by atoms with E-state index >= 15 is 0 Å². The van der Waals surface area contributed by atoms with Gasteiger partial charge < -0.3 is 20.6 Å². The van der Waals surface area contributed by atoms with Crippen LogP contribution in [0.25, 0.3) is 0 Å². The van der Waals surface area contributed by atoms with Crippen molar-refractivity contribution in [2.24, 2.45) is 0 Å². The summed E-state index contributed by atoms with van der Waals surface area (Å²) < 4.78 is 0. The zero-order valence-electron chi connectivity index (χ0n) is 32.3. The van der Waals surface area contributed by atoms with Crippen molar-refractivity contribution in [1.82, 2.24) is 10.1 Å². The molecule has 0 aromatic heterocycles. The molecule has 294 valence electrons. The maximum absolute atomic E-state index is 10.9. The van der Waals surface area contributed by atoms with Crippen LogP contribution in [0.4, 0.5) is 0 Å². The summed E-state index contributed by atoms with van der Waals surface area (Å²) in [5.74, 6) is -1.48. The maximum atomic E-state index is 10.9. The molecule has 0 amide bonds. The van der Waals surface area contributed by atoms with Crippen LogP contribution in [0.1, 0.15) is 141 Å². The molecule has 0 aromatic rings. The third-order valence-electron chi connectivity index (χ3n) is 10.6. The van der Waals surface area contributed by atoms with Crippen molar-refractivity contribution in [3.05, 3.63) is 101 Å². The molecule has 4 N–H and O–H groups in total. The molecule has 8 nitrogen and oxygen atoms in total. The van der Waals surface area contributed by atoms with Gasteiger partial charge in [0.25, 0.3) is 0 Å². The second-order valence-electron chi connectivity index (χ2n) is 14.6. The second kappa shape index (κ2) is 26.5. The molecule has 0 atom stereocenters. The van der Waals surface area contributed by atoms with Gasteiger partial charge in [0, 0.05) is 12.8 Å². The fraction of sp³-hybridized carbons (Fsp3) is 0.591. The highest BCUT2D eigenvalue weighted by atomic mass is 16.5. The molecule has 2 heterocycles. The molecule has 2 aliphatic rings. The quantitative estimate of drug-likeness (QED) is 0.0542. The molecule has 0 unspecified atom stereocenters. The van der Waals surface area contributed by atoms with Gasteiger partial charge in [-0.15, -0.1) is 52.6 Å². The van der Waals surface area contributed by atoms with Crippen LogP contribution < -0.4 is 0 Å². The molecule has 8 heteroatoms. The number of rotatable bonds is 25. The molecular weight excluding hydrogens is 652 g/mol. The van der Waals surface area contributed by atoms with E-state index in [1.807, 2.05) is 48.6 Å². The van der Waals surface area contributed by atoms with E-state index in [9.17, 15) is 20.0 Å². The Morgan fingerprint density at radius 2 is 0.615 bits per heavy atom. The topological polar surface area (TPSA) is 122 Å². The number of piperidine rings is 2. The van der Waals surface area contributed by atoms with Crippen LogP contribution in [0.5, 0.6) is 0 Å². The highest BCUT2D eigenvalue weighted by Crippen LogP contribution is 2.46. The number of carboxylic acid groups (broad SMARTS) is 2. The predicted octanol–water partition coefficient (Wildman–Crippen LogP) is 11.6. The van der Waals surface area contributed by atoms with E-state index in [2.05, 4.69) is 52.6 Å². The van der Waals surface area contributed by atoms with Gasteiger partial charge in [-0.2, -0.15) is 10.1 Å². The molecule has 52 heavy (non-hydrogen) atoms. The van der Waals surface area contributed by atoms with Crippen LogP contribution in [0.15, 0.2) is 101 Å². The number of carbonyl (C=O) groups is 2. The summed E-state index contributed by atoms with van der Waals surface area (Å²) in [5.41, 5.74) is -1.08. The van der Waals surface area contributed by atoms with Crippen molar-refractivity contribution in [2.45, 2.75) is 163 Å². The largest absolute Gasteiger partial charge is 0.481 e. The van der Waals surface area contributed by atoms with E-state index in [4.69, 9.17) is 10.2 Å². The monoisotopic (exact) mass is 725 g/mol. The Bertz CT molecular complexity index is 952. The fourth-order valence-corrected chi connectivity index (χ4v) is 8.17. The minimum Gasteiger partial charge on any atom is -0.481 e. The van der Waals surface area contributed by atoms with Crippen LogP contribution in [0, 0.1) is 0 Å². The van der Waals surface area contributed by atoms with E-state index in [1.54, 1.807) is 10.1 Å². The first-order chi connectivity index (χ1) is 24.8. The van der Waals surface area contributed by atoms with Crippen molar-refractivity contribution < 1.29 is 30.2 Å².